The lowest BCUT2D eigenvalue weighted by molar-refractivity contribution is 0.502. The predicted molar refractivity (Wildman–Crippen MR) is 98.5 cm³/mol. The van der Waals surface area contributed by atoms with Crippen LogP contribution in [-0.2, 0) is 13.5 Å². The van der Waals surface area contributed by atoms with Crippen LogP contribution in [0.15, 0.2) is 30.5 Å². The summed E-state index contributed by atoms with van der Waals surface area (Å²) in [7, 11) is 1.73. The average molecular weight is 348 g/mol. The van der Waals surface area contributed by atoms with Crippen LogP contribution in [0.1, 0.15) is 35.1 Å². The smallest absolute Gasteiger partial charge is 0.161 e. The molecule has 7 nitrogen and oxygen atoms in total. The van der Waals surface area contributed by atoms with Crippen molar-refractivity contribution in [2.45, 2.75) is 27.2 Å². The summed E-state index contributed by atoms with van der Waals surface area (Å²) in [6.07, 6.45) is 2.39. The molecule has 0 radical (unpaired) electrons. The Kier molecular flexibility index (Phi) is 4.59. The Morgan fingerprint density at radius 2 is 2.04 bits per heavy atom. The zero-order valence-corrected chi connectivity index (χ0v) is 15.2. The summed E-state index contributed by atoms with van der Waals surface area (Å²) in [4.78, 5) is 1.46. The number of aliphatic hydroxyl groups is 1. The first-order valence-electron chi connectivity index (χ1n) is 8.32. The summed E-state index contributed by atoms with van der Waals surface area (Å²) >= 11 is 0. The number of aliphatic hydroxyl groups excluding tert-OH is 1. The molecule has 1 aromatic carbocycles. The Morgan fingerprint density at radius 1 is 1.27 bits per heavy atom. The number of hydrogen-bond acceptors (Lipinski definition) is 5. The minimum Gasteiger partial charge on any atom is -0.504 e. The van der Waals surface area contributed by atoms with Crippen molar-refractivity contribution >= 4 is 11.3 Å². The second-order valence-corrected chi connectivity index (χ2v) is 6.06. The van der Waals surface area contributed by atoms with E-state index in [1.54, 1.807) is 11.7 Å². The molecule has 3 rings (SSSR count). The molecule has 0 spiro atoms. The largest absolute Gasteiger partial charge is 0.504 e. The normalized spacial score (nSPS) is 12.0. The zero-order chi connectivity index (χ0) is 18.8. The lowest BCUT2D eigenvalue weighted by Crippen LogP contribution is -2.02. The second-order valence-electron chi connectivity index (χ2n) is 6.06. The van der Waals surface area contributed by atoms with Crippen molar-refractivity contribution in [2.75, 3.05) is 0 Å². The third-order valence-electron chi connectivity index (χ3n) is 4.39. The Morgan fingerprint density at radius 3 is 2.65 bits per heavy atom. The minimum absolute atomic E-state index is 0.0639. The molecule has 0 fully saturated rings. The molecule has 0 aliphatic rings. The molecule has 0 saturated heterocycles. The van der Waals surface area contributed by atoms with Crippen LogP contribution < -0.4 is 0 Å². The SMILES string of the molecule is CCc1cccc(-n2ncc(C(C#N)=C(O)c3c(C)c(C)nn3C)n2)c1. The lowest BCUT2D eigenvalue weighted by Gasteiger charge is -2.05. The summed E-state index contributed by atoms with van der Waals surface area (Å²) < 4.78 is 1.56. The Balaban J connectivity index is 2.07. The summed E-state index contributed by atoms with van der Waals surface area (Å²) in [6.45, 7) is 5.79. The number of nitrogens with zero attached hydrogens (tertiary/aromatic N) is 6. The number of benzene rings is 1. The molecule has 0 bridgehead atoms. The molecule has 3 aromatic rings. The van der Waals surface area contributed by atoms with E-state index >= 15 is 0 Å². The number of allylic oxidation sites excluding steroid dienone is 1. The summed E-state index contributed by atoms with van der Waals surface area (Å²) in [5, 5.41) is 33.2. The van der Waals surface area contributed by atoms with Crippen molar-refractivity contribution in [3.8, 4) is 11.8 Å². The van der Waals surface area contributed by atoms with Crippen LogP contribution in [-0.4, -0.2) is 29.9 Å². The highest BCUT2D eigenvalue weighted by molar-refractivity contribution is 5.92. The molecule has 0 aliphatic heterocycles. The summed E-state index contributed by atoms with van der Waals surface area (Å²) in [5.41, 5.74) is 4.47. The third-order valence-corrected chi connectivity index (χ3v) is 4.39. The van der Waals surface area contributed by atoms with Gasteiger partial charge in [0.1, 0.15) is 23.0 Å². The van der Waals surface area contributed by atoms with Crippen molar-refractivity contribution in [3.63, 3.8) is 0 Å². The molecule has 26 heavy (non-hydrogen) atoms. The van der Waals surface area contributed by atoms with Gasteiger partial charge in [0.05, 0.1) is 17.6 Å². The van der Waals surface area contributed by atoms with E-state index in [4.69, 9.17) is 0 Å². The predicted octanol–water partition coefficient (Wildman–Crippen LogP) is 3.13. The lowest BCUT2D eigenvalue weighted by atomic mass is 10.1. The highest BCUT2D eigenvalue weighted by atomic mass is 16.3. The molecule has 0 saturated carbocycles. The van der Waals surface area contributed by atoms with Crippen LogP contribution in [0.4, 0.5) is 0 Å². The van der Waals surface area contributed by atoms with Crippen LogP contribution in [0.2, 0.25) is 0 Å². The van der Waals surface area contributed by atoms with Crippen molar-refractivity contribution < 1.29 is 5.11 Å². The Hall–Kier alpha value is -3.40. The number of hydrogen-bond donors (Lipinski definition) is 1. The van der Waals surface area contributed by atoms with Gasteiger partial charge in [0.25, 0.3) is 0 Å². The van der Waals surface area contributed by atoms with Gasteiger partial charge in [-0.3, -0.25) is 4.68 Å². The summed E-state index contributed by atoms with van der Waals surface area (Å²) in [5.74, 6) is -0.151. The number of nitriles is 1. The summed E-state index contributed by atoms with van der Waals surface area (Å²) in [6, 6.07) is 9.91. The molecule has 0 amide bonds. The van der Waals surface area contributed by atoms with Crippen LogP contribution in [0.5, 0.6) is 0 Å². The molecule has 7 heteroatoms. The fourth-order valence-electron chi connectivity index (χ4n) is 2.85. The first-order chi connectivity index (χ1) is 12.5. The maximum absolute atomic E-state index is 10.7. The van der Waals surface area contributed by atoms with Gasteiger partial charge in [0.2, 0.25) is 0 Å². The van der Waals surface area contributed by atoms with Gasteiger partial charge in [-0.1, -0.05) is 19.1 Å². The number of rotatable bonds is 4. The number of aromatic nitrogens is 5. The average Bonchev–Trinajstić information content (AvgIpc) is 3.21. The van der Waals surface area contributed by atoms with Gasteiger partial charge in [-0.05, 0) is 38.0 Å². The van der Waals surface area contributed by atoms with E-state index in [0.717, 1.165) is 23.4 Å². The standard InChI is InChI=1S/C19H20N6O/c1-5-14-7-6-8-15(9-14)25-21-11-17(23-25)16(10-20)19(26)18-12(2)13(3)22-24(18)4/h6-9,11,26H,5H2,1-4H3. The molecule has 0 atom stereocenters. The van der Waals surface area contributed by atoms with Gasteiger partial charge in [0, 0.05) is 12.6 Å². The molecule has 132 valence electrons. The van der Waals surface area contributed by atoms with Crippen molar-refractivity contribution in [3.05, 3.63) is 58.7 Å². The highest BCUT2D eigenvalue weighted by Gasteiger charge is 2.20. The van der Waals surface area contributed by atoms with Crippen LogP contribution >= 0.6 is 0 Å². The zero-order valence-electron chi connectivity index (χ0n) is 15.2. The van der Waals surface area contributed by atoms with Crippen molar-refractivity contribution in [1.82, 2.24) is 24.8 Å². The van der Waals surface area contributed by atoms with Crippen LogP contribution in [0.3, 0.4) is 0 Å². The van der Waals surface area contributed by atoms with Gasteiger partial charge in [-0.2, -0.15) is 20.3 Å². The molecular weight excluding hydrogens is 328 g/mol. The fourth-order valence-corrected chi connectivity index (χ4v) is 2.85. The van der Waals surface area contributed by atoms with Crippen LogP contribution in [0, 0.1) is 25.2 Å². The topological polar surface area (TPSA) is 92.5 Å². The molecule has 2 aromatic heterocycles. The third kappa shape index (κ3) is 2.97. The molecular formula is C19H20N6O. The molecule has 0 unspecified atom stereocenters. The van der Waals surface area contributed by atoms with Gasteiger partial charge >= 0.3 is 0 Å². The molecule has 1 N–H and O–H groups in total. The maximum atomic E-state index is 10.7. The Labute approximate surface area is 151 Å². The first-order valence-corrected chi connectivity index (χ1v) is 8.32. The van der Waals surface area contributed by atoms with Gasteiger partial charge in [0.15, 0.2) is 5.76 Å². The second kappa shape index (κ2) is 6.84. The van der Waals surface area contributed by atoms with E-state index in [2.05, 4.69) is 22.2 Å². The van der Waals surface area contributed by atoms with Gasteiger partial charge in [-0.15, -0.1) is 5.10 Å². The fraction of sp³-hybridized carbons (Fsp3) is 0.263. The van der Waals surface area contributed by atoms with Crippen LogP contribution in [0.25, 0.3) is 17.0 Å². The minimum atomic E-state index is -0.151. The highest BCUT2D eigenvalue weighted by Crippen LogP contribution is 2.26. The number of aryl methyl sites for hydroxylation is 3. The Bertz CT molecular complexity index is 1030. The van der Waals surface area contributed by atoms with Gasteiger partial charge in [-0.25, -0.2) is 0 Å². The van der Waals surface area contributed by atoms with Gasteiger partial charge < -0.3 is 5.11 Å². The molecule has 2 heterocycles. The van der Waals surface area contributed by atoms with Crippen molar-refractivity contribution in [2.24, 2.45) is 7.05 Å². The van der Waals surface area contributed by atoms with E-state index < -0.39 is 0 Å². The van der Waals surface area contributed by atoms with E-state index in [-0.39, 0.29) is 11.3 Å². The first kappa shape index (κ1) is 17.4. The maximum Gasteiger partial charge on any atom is 0.161 e. The van der Waals surface area contributed by atoms with Crippen molar-refractivity contribution in [1.29, 1.82) is 5.26 Å². The van der Waals surface area contributed by atoms with E-state index in [0.29, 0.717) is 11.4 Å². The molecule has 0 aliphatic carbocycles. The van der Waals surface area contributed by atoms with E-state index in [1.165, 1.54) is 16.6 Å². The van der Waals surface area contributed by atoms with E-state index in [9.17, 15) is 10.4 Å². The quantitative estimate of drug-likeness (QED) is 0.577. The van der Waals surface area contributed by atoms with E-state index in [1.807, 2.05) is 44.2 Å². The monoisotopic (exact) mass is 348 g/mol.